The quantitative estimate of drug-likeness (QED) is 0.609. The van der Waals surface area contributed by atoms with Gasteiger partial charge in [0, 0.05) is 33.5 Å². The summed E-state index contributed by atoms with van der Waals surface area (Å²) in [6.45, 7) is 1.76. The maximum absolute atomic E-state index is 14.9. The molecule has 1 aromatic heterocycles. The van der Waals surface area contributed by atoms with Gasteiger partial charge in [0.25, 0.3) is 0 Å². The molecule has 0 saturated carbocycles. The molecule has 0 unspecified atom stereocenters. The zero-order valence-corrected chi connectivity index (χ0v) is 14.6. The number of benzene rings is 2. The molecule has 1 N–H and O–H groups in total. The summed E-state index contributed by atoms with van der Waals surface area (Å²) in [4.78, 5) is 19.1. The highest BCUT2D eigenvalue weighted by atomic mass is 79.9. The summed E-state index contributed by atoms with van der Waals surface area (Å²) in [6, 6.07) is 7.08. The maximum atomic E-state index is 14.9. The van der Waals surface area contributed by atoms with Crippen LogP contribution in [-0.4, -0.2) is 15.8 Å². The first kappa shape index (κ1) is 16.1. The summed E-state index contributed by atoms with van der Waals surface area (Å²) in [6.07, 6.45) is 1.96. The van der Waals surface area contributed by atoms with Crippen molar-refractivity contribution in [2.45, 2.75) is 19.8 Å². The van der Waals surface area contributed by atoms with Crippen LogP contribution in [0.1, 0.15) is 34.8 Å². The van der Waals surface area contributed by atoms with Crippen LogP contribution < -0.4 is 0 Å². The second-order valence-corrected chi connectivity index (χ2v) is 6.53. The van der Waals surface area contributed by atoms with Gasteiger partial charge in [-0.3, -0.25) is 4.79 Å². The average molecular weight is 396 g/mol. The maximum Gasteiger partial charge on any atom is 0.163 e. The SMILES string of the molecule is CCC(=O)c1cc2[nH]cnc2c(F)c1Cc1ccc(Br)cc1Cl. The van der Waals surface area contributed by atoms with Gasteiger partial charge in [-0.25, -0.2) is 9.37 Å². The number of nitrogens with zero attached hydrogens (tertiary/aromatic N) is 1. The Labute approximate surface area is 146 Å². The molecule has 118 valence electrons. The molecule has 0 spiro atoms. The second kappa shape index (κ2) is 6.42. The molecule has 6 heteroatoms. The molecule has 0 aliphatic carbocycles. The number of rotatable bonds is 4. The van der Waals surface area contributed by atoms with E-state index in [1.54, 1.807) is 19.1 Å². The van der Waals surface area contributed by atoms with Crippen LogP contribution in [0.15, 0.2) is 35.1 Å². The van der Waals surface area contributed by atoms with Crippen molar-refractivity contribution in [3.63, 3.8) is 0 Å². The van der Waals surface area contributed by atoms with Gasteiger partial charge in [-0.05, 0) is 23.8 Å². The molecule has 2 aromatic carbocycles. The van der Waals surface area contributed by atoms with Crippen LogP contribution in [0.2, 0.25) is 5.02 Å². The molecule has 3 nitrogen and oxygen atoms in total. The lowest BCUT2D eigenvalue weighted by Crippen LogP contribution is -2.07. The van der Waals surface area contributed by atoms with Gasteiger partial charge in [0.1, 0.15) is 5.52 Å². The van der Waals surface area contributed by atoms with Gasteiger partial charge >= 0.3 is 0 Å². The van der Waals surface area contributed by atoms with Crippen LogP contribution in [0.3, 0.4) is 0 Å². The van der Waals surface area contributed by atoms with E-state index < -0.39 is 5.82 Å². The monoisotopic (exact) mass is 394 g/mol. The van der Waals surface area contributed by atoms with Crippen LogP contribution in [0.5, 0.6) is 0 Å². The average Bonchev–Trinajstić information content (AvgIpc) is 3.00. The van der Waals surface area contributed by atoms with Crippen molar-refractivity contribution in [2.75, 3.05) is 0 Å². The number of ketones is 1. The zero-order valence-electron chi connectivity index (χ0n) is 12.3. The fourth-order valence-electron chi connectivity index (χ4n) is 2.55. The van der Waals surface area contributed by atoms with Crippen molar-refractivity contribution < 1.29 is 9.18 Å². The Morgan fingerprint density at radius 2 is 2.17 bits per heavy atom. The van der Waals surface area contributed by atoms with Gasteiger partial charge in [-0.1, -0.05) is 40.5 Å². The summed E-state index contributed by atoms with van der Waals surface area (Å²) in [5.74, 6) is -0.580. The van der Waals surface area contributed by atoms with Crippen LogP contribution in [-0.2, 0) is 6.42 Å². The third kappa shape index (κ3) is 3.03. The Morgan fingerprint density at radius 3 is 2.87 bits per heavy atom. The van der Waals surface area contributed by atoms with Gasteiger partial charge < -0.3 is 4.98 Å². The molecular formula is C17H13BrClFN2O. The van der Waals surface area contributed by atoms with Crippen molar-refractivity contribution >= 4 is 44.3 Å². The highest BCUT2D eigenvalue weighted by Gasteiger charge is 2.20. The number of Topliss-reactive ketones (excluding diaryl/α,β-unsaturated/α-hetero) is 1. The number of H-pyrrole nitrogens is 1. The molecule has 0 bridgehead atoms. The molecule has 0 saturated heterocycles. The molecule has 0 fully saturated rings. The number of hydrogen-bond acceptors (Lipinski definition) is 2. The Hall–Kier alpha value is -1.72. The van der Waals surface area contributed by atoms with Gasteiger partial charge in [-0.15, -0.1) is 0 Å². The van der Waals surface area contributed by atoms with Gasteiger partial charge in [0.05, 0.1) is 11.8 Å². The lowest BCUT2D eigenvalue weighted by molar-refractivity contribution is 0.0987. The zero-order chi connectivity index (χ0) is 16.6. The first-order chi connectivity index (χ1) is 11.0. The number of aromatic nitrogens is 2. The van der Waals surface area contributed by atoms with E-state index in [1.165, 1.54) is 6.33 Å². The van der Waals surface area contributed by atoms with E-state index in [0.717, 1.165) is 10.0 Å². The van der Waals surface area contributed by atoms with Crippen LogP contribution in [0, 0.1) is 5.82 Å². The van der Waals surface area contributed by atoms with E-state index in [-0.39, 0.29) is 17.7 Å². The lowest BCUT2D eigenvalue weighted by atomic mass is 9.95. The molecule has 0 radical (unpaired) electrons. The molecule has 0 aliphatic rings. The van der Waals surface area contributed by atoms with Gasteiger partial charge in [0.2, 0.25) is 0 Å². The normalized spacial score (nSPS) is 11.1. The standard InChI is InChI=1S/C17H13BrClFN2O/c1-2-15(23)11-7-14-17(22-8-21-14)16(20)12(11)5-9-3-4-10(18)6-13(9)19/h3-4,6-8H,2,5H2,1H3,(H,21,22). The number of carbonyl (C=O) groups is 1. The molecule has 3 aromatic rings. The molecule has 3 rings (SSSR count). The summed E-state index contributed by atoms with van der Waals surface area (Å²) < 4.78 is 15.7. The minimum absolute atomic E-state index is 0.108. The predicted molar refractivity (Wildman–Crippen MR) is 92.6 cm³/mol. The fourth-order valence-corrected chi connectivity index (χ4v) is 3.29. The molecule has 0 atom stereocenters. The number of carbonyl (C=O) groups excluding carboxylic acids is 1. The number of aromatic amines is 1. The molecule has 0 amide bonds. The first-order valence-electron chi connectivity index (χ1n) is 7.12. The highest BCUT2D eigenvalue weighted by molar-refractivity contribution is 9.10. The van der Waals surface area contributed by atoms with E-state index >= 15 is 0 Å². The number of imidazole rings is 1. The number of fused-ring (bicyclic) bond motifs is 1. The predicted octanol–water partition coefficient (Wildman–Crippen LogP) is 5.30. The Balaban J connectivity index is 2.17. The molecule has 0 aliphatic heterocycles. The molecule has 23 heavy (non-hydrogen) atoms. The van der Waals surface area contributed by atoms with E-state index in [0.29, 0.717) is 28.1 Å². The van der Waals surface area contributed by atoms with Crippen molar-refractivity contribution in [1.29, 1.82) is 0 Å². The summed E-state index contributed by atoms with van der Waals surface area (Å²) in [7, 11) is 0. The summed E-state index contributed by atoms with van der Waals surface area (Å²) in [5.41, 5.74) is 2.22. The van der Waals surface area contributed by atoms with E-state index in [2.05, 4.69) is 25.9 Å². The summed E-state index contributed by atoms with van der Waals surface area (Å²) in [5, 5.41) is 0.524. The summed E-state index contributed by atoms with van der Waals surface area (Å²) >= 11 is 9.58. The van der Waals surface area contributed by atoms with Gasteiger partial charge in [-0.2, -0.15) is 0 Å². The van der Waals surface area contributed by atoms with Crippen molar-refractivity contribution in [2.24, 2.45) is 0 Å². The Morgan fingerprint density at radius 1 is 1.39 bits per heavy atom. The first-order valence-corrected chi connectivity index (χ1v) is 8.30. The minimum Gasteiger partial charge on any atom is -0.344 e. The number of hydrogen-bond donors (Lipinski definition) is 1. The second-order valence-electron chi connectivity index (χ2n) is 5.20. The van der Waals surface area contributed by atoms with E-state index in [4.69, 9.17) is 11.6 Å². The van der Waals surface area contributed by atoms with E-state index in [1.807, 2.05) is 12.1 Å². The topological polar surface area (TPSA) is 45.8 Å². The van der Waals surface area contributed by atoms with Gasteiger partial charge in [0.15, 0.2) is 11.6 Å². The van der Waals surface area contributed by atoms with E-state index in [9.17, 15) is 9.18 Å². The number of halogens is 3. The number of nitrogens with one attached hydrogen (secondary N) is 1. The van der Waals surface area contributed by atoms with Crippen LogP contribution in [0.4, 0.5) is 4.39 Å². The van der Waals surface area contributed by atoms with Crippen LogP contribution in [0.25, 0.3) is 11.0 Å². The third-order valence-electron chi connectivity index (χ3n) is 3.76. The third-order valence-corrected chi connectivity index (χ3v) is 4.60. The van der Waals surface area contributed by atoms with Crippen LogP contribution >= 0.6 is 27.5 Å². The Bertz CT molecular complexity index is 907. The fraction of sp³-hybridized carbons (Fsp3) is 0.176. The molecular weight excluding hydrogens is 383 g/mol. The van der Waals surface area contributed by atoms with Crippen molar-refractivity contribution in [3.8, 4) is 0 Å². The van der Waals surface area contributed by atoms with Crippen molar-refractivity contribution in [1.82, 2.24) is 9.97 Å². The Kier molecular flexibility index (Phi) is 4.50. The molecule has 1 heterocycles. The smallest absolute Gasteiger partial charge is 0.163 e. The van der Waals surface area contributed by atoms with Crippen molar-refractivity contribution in [3.05, 3.63) is 62.6 Å². The lowest BCUT2D eigenvalue weighted by Gasteiger charge is -2.12. The largest absolute Gasteiger partial charge is 0.344 e. The highest BCUT2D eigenvalue weighted by Crippen LogP contribution is 2.29. The minimum atomic E-state index is -0.473.